The quantitative estimate of drug-likeness (QED) is 0.549. The Kier molecular flexibility index (Phi) is 6.76. The van der Waals surface area contributed by atoms with Gasteiger partial charge in [-0.1, -0.05) is 18.2 Å². The fourth-order valence-electron chi connectivity index (χ4n) is 3.16. The van der Waals surface area contributed by atoms with E-state index in [9.17, 15) is 8.78 Å². The molecule has 0 saturated carbocycles. The lowest BCUT2D eigenvalue weighted by molar-refractivity contribution is 0.248. The molecular weight excluding hydrogens is 358 g/mol. The van der Waals surface area contributed by atoms with Crippen molar-refractivity contribution >= 4 is 5.69 Å². The standard InChI is InChI=1S/C22H26F2N4/c1-26(2)20-7-4-18(5-8-20)15-28(12-3-11-27-13-10-25-17-27)16-19-6-9-21(23)22(24)14-19/h4-10,13-14,17H,3,11-12,15-16H2,1-2H3. The first-order valence-corrected chi connectivity index (χ1v) is 9.39. The summed E-state index contributed by atoms with van der Waals surface area (Å²) in [5.41, 5.74) is 3.11. The first kappa shape index (κ1) is 20.0. The van der Waals surface area contributed by atoms with Gasteiger partial charge in [-0.3, -0.25) is 4.90 Å². The molecule has 0 radical (unpaired) electrons. The summed E-state index contributed by atoms with van der Waals surface area (Å²) in [4.78, 5) is 8.39. The van der Waals surface area contributed by atoms with Crippen LogP contribution in [0.1, 0.15) is 17.5 Å². The fraction of sp³-hybridized carbons (Fsp3) is 0.318. The molecule has 28 heavy (non-hydrogen) atoms. The zero-order valence-electron chi connectivity index (χ0n) is 16.4. The maximum Gasteiger partial charge on any atom is 0.159 e. The van der Waals surface area contributed by atoms with Crippen LogP contribution in [0.4, 0.5) is 14.5 Å². The molecule has 0 aliphatic heterocycles. The summed E-state index contributed by atoms with van der Waals surface area (Å²) in [5, 5.41) is 0. The van der Waals surface area contributed by atoms with E-state index >= 15 is 0 Å². The summed E-state index contributed by atoms with van der Waals surface area (Å²) in [6, 6.07) is 12.5. The van der Waals surface area contributed by atoms with Gasteiger partial charge >= 0.3 is 0 Å². The highest BCUT2D eigenvalue weighted by Crippen LogP contribution is 2.17. The Bertz CT molecular complexity index is 861. The van der Waals surface area contributed by atoms with Crippen LogP contribution >= 0.6 is 0 Å². The number of hydrogen-bond acceptors (Lipinski definition) is 3. The zero-order chi connectivity index (χ0) is 19.9. The van der Waals surface area contributed by atoms with E-state index in [1.165, 1.54) is 17.7 Å². The molecule has 0 unspecified atom stereocenters. The van der Waals surface area contributed by atoms with Crippen LogP contribution in [-0.4, -0.2) is 35.1 Å². The minimum atomic E-state index is -0.810. The Morgan fingerprint density at radius 1 is 0.929 bits per heavy atom. The molecule has 0 amide bonds. The molecule has 3 aromatic rings. The van der Waals surface area contributed by atoms with Crippen molar-refractivity contribution in [2.75, 3.05) is 25.5 Å². The van der Waals surface area contributed by atoms with E-state index in [4.69, 9.17) is 0 Å². The Morgan fingerprint density at radius 2 is 1.64 bits per heavy atom. The molecule has 0 saturated heterocycles. The molecule has 0 aliphatic rings. The molecule has 1 aromatic heterocycles. The number of anilines is 1. The predicted octanol–water partition coefficient (Wildman–Crippen LogP) is 4.32. The van der Waals surface area contributed by atoms with E-state index < -0.39 is 11.6 Å². The van der Waals surface area contributed by atoms with Crippen LogP contribution in [0.2, 0.25) is 0 Å². The average Bonchev–Trinajstić information content (AvgIpc) is 3.18. The van der Waals surface area contributed by atoms with Gasteiger partial charge in [0.2, 0.25) is 0 Å². The minimum absolute atomic E-state index is 0.566. The lowest BCUT2D eigenvalue weighted by Crippen LogP contribution is -2.25. The molecule has 0 atom stereocenters. The van der Waals surface area contributed by atoms with Crippen molar-refractivity contribution in [1.29, 1.82) is 0 Å². The Labute approximate surface area is 165 Å². The zero-order valence-corrected chi connectivity index (χ0v) is 16.4. The van der Waals surface area contributed by atoms with E-state index in [2.05, 4.69) is 39.0 Å². The lowest BCUT2D eigenvalue weighted by atomic mass is 10.1. The van der Waals surface area contributed by atoms with Gasteiger partial charge < -0.3 is 9.47 Å². The number of benzene rings is 2. The van der Waals surface area contributed by atoms with Crippen LogP contribution in [-0.2, 0) is 19.6 Å². The predicted molar refractivity (Wildman–Crippen MR) is 108 cm³/mol. The summed E-state index contributed by atoms with van der Waals surface area (Å²) in [5.74, 6) is -1.61. The van der Waals surface area contributed by atoms with Crippen molar-refractivity contribution in [1.82, 2.24) is 14.5 Å². The Balaban J connectivity index is 1.67. The number of aryl methyl sites for hydroxylation is 1. The van der Waals surface area contributed by atoms with Crippen molar-refractivity contribution in [2.45, 2.75) is 26.1 Å². The normalized spacial score (nSPS) is 11.2. The first-order valence-electron chi connectivity index (χ1n) is 9.39. The first-order chi connectivity index (χ1) is 13.5. The van der Waals surface area contributed by atoms with Crippen LogP contribution in [0.15, 0.2) is 61.2 Å². The highest BCUT2D eigenvalue weighted by atomic mass is 19.2. The number of aromatic nitrogens is 2. The molecular formula is C22H26F2N4. The summed E-state index contributed by atoms with van der Waals surface area (Å²) < 4.78 is 28.9. The summed E-state index contributed by atoms with van der Waals surface area (Å²) in [6.07, 6.45) is 6.46. The van der Waals surface area contributed by atoms with Crippen molar-refractivity contribution in [3.63, 3.8) is 0 Å². The Hall–Kier alpha value is -2.73. The van der Waals surface area contributed by atoms with Gasteiger partial charge in [-0.05, 0) is 41.8 Å². The molecule has 1 heterocycles. The molecule has 0 N–H and O–H groups in total. The lowest BCUT2D eigenvalue weighted by Gasteiger charge is -2.23. The van der Waals surface area contributed by atoms with Gasteiger partial charge in [-0.15, -0.1) is 0 Å². The third-order valence-corrected chi connectivity index (χ3v) is 4.70. The summed E-state index contributed by atoms with van der Waals surface area (Å²) >= 11 is 0. The third-order valence-electron chi connectivity index (χ3n) is 4.70. The molecule has 0 spiro atoms. The van der Waals surface area contributed by atoms with Crippen LogP contribution in [0.5, 0.6) is 0 Å². The van der Waals surface area contributed by atoms with Crippen molar-refractivity contribution in [2.24, 2.45) is 0 Å². The van der Waals surface area contributed by atoms with Gasteiger partial charge in [-0.2, -0.15) is 0 Å². The second kappa shape index (κ2) is 9.46. The second-order valence-corrected chi connectivity index (χ2v) is 7.17. The van der Waals surface area contributed by atoms with Crippen LogP contribution in [0.25, 0.3) is 0 Å². The monoisotopic (exact) mass is 384 g/mol. The number of hydrogen-bond donors (Lipinski definition) is 0. The molecule has 4 nitrogen and oxygen atoms in total. The van der Waals surface area contributed by atoms with E-state index in [1.54, 1.807) is 18.6 Å². The van der Waals surface area contributed by atoms with Crippen molar-refractivity contribution in [3.05, 3.63) is 83.9 Å². The molecule has 2 aromatic carbocycles. The number of imidazole rings is 1. The van der Waals surface area contributed by atoms with Gasteiger partial charge in [-0.25, -0.2) is 13.8 Å². The van der Waals surface area contributed by atoms with Crippen LogP contribution < -0.4 is 4.90 Å². The third kappa shape index (κ3) is 5.63. The van der Waals surface area contributed by atoms with E-state index in [0.717, 1.165) is 37.3 Å². The molecule has 6 heteroatoms. The van der Waals surface area contributed by atoms with Gasteiger partial charge in [0.05, 0.1) is 6.33 Å². The maximum atomic E-state index is 13.6. The Morgan fingerprint density at radius 3 is 2.29 bits per heavy atom. The molecule has 0 fully saturated rings. The smallest absolute Gasteiger partial charge is 0.159 e. The highest BCUT2D eigenvalue weighted by Gasteiger charge is 2.10. The number of halogens is 2. The summed E-state index contributed by atoms with van der Waals surface area (Å²) in [6.45, 7) is 3.02. The topological polar surface area (TPSA) is 24.3 Å². The number of rotatable bonds is 9. The van der Waals surface area contributed by atoms with Gasteiger partial charge in [0.1, 0.15) is 0 Å². The second-order valence-electron chi connectivity index (χ2n) is 7.17. The van der Waals surface area contributed by atoms with Crippen LogP contribution in [0, 0.1) is 11.6 Å². The molecule has 0 aliphatic carbocycles. The molecule has 3 rings (SSSR count). The van der Waals surface area contributed by atoms with Gasteiger partial charge in [0.15, 0.2) is 11.6 Å². The van der Waals surface area contributed by atoms with Gasteiger partial charge in [0, 0.05) is 58.4 Å². The fourth-order valence-corrected chi connectivity index (χ4v) is 3.16. The van der Waals surface area contributed by atoms with E-state index in [0.29, 0.717) is 6.54 Å². The van der Waals surface area contributed by atoms with Crippen LogP contribution in [0.3, 0.4) is 0 Å². The molecule has 148 valence electrons. The minimum Gasteiger partial charge on any atom is -0.378 e. The largest absolute Gasteiger partial charge is 0.378 e. The van der Waals surface area contributed by atoms with Crippen molar-refractivity contribution in [3.8, 4) is 0 Å². The van der Waals surface area contributed by atoms with E-state index in [1.807, 2.05) is 24.9 Å². The number of nitrogens with zero attached hydrogens (tertiary/aromatic N) is 4. The van der Waals surface area contributed by atoms with E-state index in [-0.39, 0.29) is 0 Å². The highest BCUT2D eigenvalue weighted by molar-refractivity contribution is 5.46. The molecule has 0 bridgehead atoms. The van der Waals surface area contributed by atoms with Crippen molar-refractivity contribution < 1.29 is 8.78 Å². The summed E-state index contributed by atoms with van der Waals surface area (Å²) in [7, 11) is 4.03. The maximum absolute atomic E-state index is 13.6. The average molecular weight is 384 g/mol. The SMILES string of the molecule is CN(C)c1ccc(CN(CCCn2ccnc2)Cc2ccc(F)c(F)c2)cc1. The van der Waals surface area contributed by atoms with Gasteiger partial charge in [0.25, 0.3) is 0 Å².